The summed E-state index contributed by atoms with van der Waals surface area (Å²) in [5.74, 6) is -4.41. The molecule has 0 aliphatic carbocycles. The molecule has 2 aromatic carbocycles. The van der Waals surface area contributed by atoms with E-state index in [0.717, 1.165) is 33.3 Å². The number of esters is 4. The number of hydrogen-bond acceptors (Lipinski definition) is 12. The van der Waals surface area contributed by atoms with Crippen molar-refractivity contribution in [2.24, 2.45) is 5.92 Å². The highest BCUT2D eigenvalue weighted by atomic mass is 16.8. The summed E-state index contributed by atoms with van der Waals surface area (Å²) in [6, 6.07) is 15.4. The maximum Gasteiger partial charge on any atom is 0.303 e. The summed E-state index contributed by atoms with van der Waals surface area (Å²) in [6.07, 6.45) is -7.21. The Morgan fingerprint density at radius 3 is 1.85 bits per heavy atom. The Hall–Kier alpha value is -4.82. The van der Waals surface area contributed by atoms with Crippen LogP contribution in [0.1, 0.15) is 63.4 Å². The van der Waals surface area contributed by atoms with Gasteiger partial charge in [0, 0.05) is 38.9 Å². The van der Waals surface area contributed by atoms with Gasteiger partial charge in [-0.2, -0.15) is 0 Å². The van der Waals surface area contributed by atoms with E-state index >= 15 is 0 Å². The van der Waals surface area contributed by atoms with Gasteiger partial charge in [-0.05, 0) is 35.7 Å². The van der Waals surface area contributed by atoms with Crippen LogP contribution in [0.15, 0.2) is 54.6 Å². The Kier molecular flexibility index (Phi) is 12.8. The number of nitrogens with one attached hydrogen (secondary N) is 2. The van der Waals surface area contributed by atoms with Gasteiger partial charge in [0.1, 0.15) is 12.7 Å². The molecule has 0 bridgehead atoms. The average molecular weight is 643 g/mol. The third kappa shape index (κ3) is 10.1. The van der Waals surface area contributed by atoms with E-state index in [1.807, 2.05) is 44.2 Å². The zero-order valence-corrected chi connectivity index (χ0v) is 26.3. The molecule has 46 heavy (non-hydrogen) atoms. The minimum absolute atomic E-state index is 0.0285. The van der Waals surface area contributed by atoms with Gasteiger partial charge in [0.2, 0.25) is 12.2 Å². The van der Waals surface area contributed by atoms with Gasteiger partial charge >= 0.3 is 23.9 Å². The second kappa shape index (κ2) is 16.5. The molecule has 1 fully saturated rings. The molecule has 1 saturated heterocycles. The van der Waals surface area contributed by atoms with E-state index in [0.29, 0.717) is 5.69 Å². The lowest BCUT2D eigenvalue weighted by atomic mass is 9.87. The predicted molar refractivity (Wildman–Crippen MR) is 160 cm³/mol. The molecule has 2 amide bonds. The highest BCUT2D eigenvalue weighted by molar-refractivity contribution is 5.97. The molecule has 14 nitrogen and oxygen atoms in total. The first kappa shape index (κ1) is 35.7. The van der Waals surface area contributed by atoms with Crippen molar-refractivity contribution in [2.45, 2.75) is 78.2 Å². The summed E-state index contributed by atoms with van der Waals surface area (Å²) in [4.78, 5) is 78.9. The van der Waals surface area contributed by atoms with Crippen molar-refractivity contribution in [1.29, 1.82) is 0 Å². The SMILES string of the molecule is CC(=O)OCC1O[C@@H](ONC(=O)c2ccc(NC(=O)[C@H](c3ccccc3)C(C)C)cc2)[C@H](OC(C)=O)[C@@H](OC(C)=O)[C@H]1OC(C)=O. The molecule has 6 atom stereocenters. The predicted octanol–water partition coefficient (Wildman–Crippen LogP) is 2.81. The fourth-order valence-corrected chi connectivity index (χ4v) is 4.88. The Labute approximate surface area is 265 Å². The zero-order chi connectivity index (χ0) is 34.0. The first-order valence-corrected chi connectivity index (χ1v) is 14.5. The number of anilines is 1. The van der Waals surface area contributed by atoms with Gasteiger partial charge in [-0.3, -0.25) is 28.8 Å². The fraction of sp³-hybridized carbons (Fsp3) is 0.438. The minimum Gasteiger partial charge on any atom is -0.463 e. The number of ether oxygens (including phenoxy) is 5. The third-order valence-electron chi connectivity index (χ3n) is 6.74. The van der Waals surface area contributed by atoms with Crippen LogP contribution in [0.3, 0.4) is 0 Å². The number of carbonyl (C=O) groups is 6. The molecule has 1 aliphatic rings. The van der Waals surface area contributed by atoms with E-state index in [2.05, 4.69) is 10.8 Å². The maximum atomic E-state index is 13.1. The molecule has 0 aromatic heterocycles. The normalized spacial score (nSPS) is 21.3. The Balaban J connectivity index is 1.76. The second-order valence-electron chi connectivity index (χ2n) is 10.8. The summed E-state index contributed by atoms with van der Waals surface area (Å²) in [6.45, 7) is 7.86. The van der Waals surface area contributed by atoms with Gasteiger partial charge in [-0.15, -0.1) is 0 Å². The van der Waals surface area contributed by atoms with Crippen LogP contribution < -0.4 is 10.8 Å². The van der Waals surface area contributed by atoms with Crippen molar-refractivity contribution in [3.63, 3.8) is 0 Å². The fourth-order valence-electron chi connectivity index (χ4n) is 4.88. The van der Waals surface area contributed by atoms with Gasteiger partial charge < -0.3 is 29.0 Å². The summed E-state index contributed by atoms with van der Waals surface area (Å²) >= 11 is 0. The summed E-state index contributed by atoms with van der Waals surface area (Å²) in [5.41, 5.74) is 3.68. The molecular formula is C32H38N2O12. The monoisotopic (exact) mass is 642 g/mol. The molecule has 2 N–H and O–H groups in total. The number of hydrogen-bond donors (Lipinski definition) is 2. The van der Waals surface area contributed by atoms with Crippen LogP contribution in [0.2, 0.25) is 0 Å². The molecule has 1 unspecified atom stereocenters. The quantitative estimate of drug-likeness (QED) is 0.197. The van der Waals surface area contributed by atoms with Gasteiger partial charge in [0.05, 0.1) is 5.92 Å². The molecular weight excluding hydrogens is 604 g/mol. The Morgan fingerprint density at radius 1 is 0.739 bits per heavy atom. The van der Waals surface area contributed by atoms with E-state index in [4.69, 9.17) is 28.5 Å². The van der Waals surface area contributed by atoms with Gasteiger partial charge in [0.15, 0.2) is 18.3 Å². The topological polar surface area (TPSA) is 182 Å². The molecule has 2 aromatic rings. The summed E-state index contributed by atoms with van der Waals surface area (Å²) < 4.78 is 26.8. The van der Waals surface area contributed by atoms with Crippen LogP contribution in [0, 0.1) is 5.92 Å². The molecule has 0 spiro atoms. The van der Waals surface area contributed by atoms with Crippen molar-refractivity contribution in [3.8, 4) is 0 Å². The molecule has 1 heterocycles. The van der Waals surface area contributed by atoms with Crippen molar-refractivity contribution in [2.75, 3.05) is 11.9 Å². The Bertz CT molecular complexity index is 1400. The van der Waals surface area contributed by atoms with Crippen LogP contribution in [-0.4, -0.2) is 73.0 Å². The van der Waals surface area contributed by atoms with Gasteiger partial charge in [0.25, 0.3) is 5.91 Å². The number of rotatable bonds is 12. The third-order valence-corrected chi connectivity index (χ3v) is 6.74. The molecule has 248 valence electrons. The smallest absolute Gasteiger partial charge is 0.303 e. The van der Waals surface area contributed by atoms with E-state index in [9.17, 15) is 28.8 Å². The highest BCUT2D eigenvalue weighted by Gasteiger charge is 2.53. The van der Waals surface area contributed by atoms with Crippen LogP contribution >= 0.6 is 0 Å². The average Bonchev–Trinajstić information content (AvgIpc) is 2.97. The highest BCUT2D eigenvalue weighted by Crippen LogP contribution is 2.30. The lowest BCUT2D eigenvalue weighted by Crippen LogP contribution is -2.63. The van der Waals surface area contributed by atoms with E-state index in [1.54, 1.807) is 12.1 Å². The van der Waals surface area contributed by atoms with E-state index in [1.165, 1.54) is 12.1 Å². The second-order valence-corrected chi connectivity index (χ2v) is 10.8. The molecule has 14 heteroatoms. The lowest BCUT2D eigenvalue weighted by Gasteiger charge is -2.43. The van der Waals surface area contributed by atoms with E-state index in [-0.39, 0.29) is 23.3 Å². The van der Waals surface area contributed by atoms with Crippen LogP contribution in [0.5, 0.6) is 0 Å². The van der Waals surface area contributed by atoms with E-state index < -0.39 is 67.1 Å². The van der Waals surface area contributed by atoms with Crippen molar-refractivity contribution in [3.05, 3.63) is 65.7 Å². The number of benzene rings is 2. The first-order valence-electron chi connectivity index (χ1n) is 14.5. The molecule has 0 saturated carbocycles. The van der Waals surface area contributed by atoms with Crippen molar-refractivity contribution < 1.29 is 57.3 Å². The van der Waals surface area contributed by atoms with Crippen molar-refractivity contribution >= 4 is 41.4 Å². The molecule has 3 rings (SSSR count). The lowest BCUT2D eigenvalue weighted by molar-refractivity contribution is -0.317. The number of carbonyl (C=O) groups excluding carboxylic acids is 6. The van der Waals surface area contributed by atoms with Crippen molar-refractivity contribution in [1.82, 2.24) is 5.48 Å². The first-order chi connectivity index (χ1) is 21.8. The Morgan fingerprint density at radius 2 is 1.30 bits per heavy atom. The summed E-state index contributed by atoms with van der Waals surface area (Å²) in [5, 5.41) is 2.87. The van der Waals surface area contributed by atoms with Gasteiger partial charge in [-0.1, -0.05) is 44.2 Å². The maximum absolute atomic E-state index is 13.1. The molecule has 0 radical (unpaired) electrons. The van der Waals surface area contributed by atoms with Crippen LogP contribution in [-0.2, 0) is 52.5 Å². The largest absolute Gasteiger partial charge is 0.463 e. The standard InChI is InChI=1S/C32H38N2O12/c1-17(2)26(22-10-8-7-9-11-22)31(40)33-24-14-12-23(13-15-24)30(39)34-46-32-29(44-21(6)38)28(43-20(5)37)27(42-19(4)36)25(45-32)16-41-18(3)35/h7-15,17,25-29,32H,16H2,1-6H3,(H,33,40)(H,34,39)/t25?,26-,27-,28-,29+,32-/m0/s1. The number of hydroxylamine groups is 1. The van der Waals surface area contributed by atoms with Crippen LogP contribution in [0.4, 0.5) is 5.69 Å². The minimum atomic E-state index is -1.60. The number of amides is 2. The van der Waals surface area contributed by atoms with Gasteiger partial charge in [-0.25, -0.2) is 10.3 Å². The van der Waals surface area contributed by atoms with Crippen LogP contribution in [0.25, 0.3) is 0 Å². The molecule has 1 aliphatic heterocycles. The zero-order valence-electron chi connectivity index (χ0n) is 26.3. The summed E-state index contributed by atoms with van der Waals surface area (Å²) in [7, 11) is 0.